The van der Waals surface area contributed by atoms with Gasteiger partial charge in [-0.15, -0.1) is 0 Å². The van der Waals surface area contributed by atoms with Crippen molar-refractivity contribution in [3.8, 4) is 0 Å². The lowest BCUT2D eigenvalue weighted by atomic mass is 10.2. The van der Waals surface area contributed by atoms with Crippen LogP contribution in [-0.4, -0.2) is 29.4 Å². The predicted molar refractivity (Wildman–Crippen MR) is 86.9 cm³/mol. The molecule has 0 amide bonds. The van der Waals surface area contributed by atoms with Gasteiger partial charge in [-0.3, -0.25) is 4.79 Å². The summed E-state index contributed by atoms with van der Waals surface area (Å²) in [6, 6.07) is 1.13. The molecule has 0 aromatic carbocycles. The smallest absolute Gasteiger partial charge is 0.273 e. The predicted octanol–water partition coefficient (Wildman–Crippen LogP) is 3.11. The van der Waals surface area contributed by atoms with Crippen LogP contribution in [0.25, 0.3) is 10.9 Å². The molecule has 0 fully saturated rings. The Hall–Kier alpha value is -0.923. The summed E-state index contributed by atoms with van der Waals surface area (Å²) >= 11 is 3.53. The van der Waals surface area contributed by atoms with E-state index in [2.05, 4.69) is 45.8 Å². The number of ether oxygens (including phenoxy) is 1. The number of halogens is 1. The van der Waals surface area contributed by atoms with Crippen molar-refractivity contribution in [3.63, 3.8) is 0 Å². The highest BCUT2D eigenvalue weighted by atomic mass is 79.9. The molecule has 5 nitrogen and oxygen atoms in total. The Morgan fingerprint density at radius 3 is 2.80 bits per heavy atom. The van der Waals surface area contributed by atoms with Crippen LogP contribution in [0.3, 0.4) is 0 Å². The Bertz CT molecular complexity index is 673. The van der Waals surface area contributed by atoms with Crippen LogP contribution in [0.15, 0.2) is 15.6 Å². The van der Waals surface area contributed by atoms with E-state index in [1.165, 1.54) is 0 Å². The Morgan fingerprint density at radius 2 is 2.15 bits per heavy atom. The first-order valence-corrected chi connectivity index (χ1v) is 11.1. The number of aryl methyl sites for hydroxylation is 1. The second-order valence-corrected chi connectivity index (χ2v) is 12.5. The molecule has 0 saturated heterocycles. The summed E-state index contributed by atoms with van der Waals surface area (Å²) in [4.78, 5) is 11.8. The Labute approximate surface area is 127 Å². The van der Waals surface area contributed by atoms with E-state index in [1.807, 2.05) is 11.5 Å². The minimum absolute atomic E-state index is 0.165. The molecule has 0 spiro atoms. The van der Waals surface area contributed by atoms with Crippen molar-refractivity contribution in [1.29, 1.82) is 0 Å². The zero-order valence-corrected chi connectivity index (χ0v) is 14.9. The third kappa shape index (κ3) is 3.21. The number of aromatic amines is 1. The lowest BCUT2D eigenvalue weighted by Crippen LogP contribution is -2.22. The van der Waals surface area contributed by atoms with Crippen LogP contribution in [0.5, 0.6) is 0 Å². The molecule has 20 heavy (non-hydrogen) atoms. The van der Waals surface area contributed by atoms with E-state index < -0.39 is 8.07 Å². The van der Waals surface area contributed by atoms with Crippen molar-refractivity contribution in [2.75, 3.05) is 6.61 Å². The summed E-state index contributed by atoms with van der Waals surface area (Å²) in [7, 11) is -1.08. The van der Waals surface area contributed by atoms with Crippen LogP contribution in [0.2, 0.25) is 25.7 Å². The average molecular weight is 358 g/mol. The molecule has 2 aromatic heterocycles. The monoisotopic (exact) mass is 357 g/mol. The maximum Gasteiger partial charge on any atom is 0.273 e. The van der Waals surface area contributed by atoms with Crippen LogP contribution >= 0.6 is 15.9 Å². The maximum absolute atomic E-state index is 11.8. The highest BCUT2D eigenvalue weighted by molar-refractivity contribution is 9.10. The normalized spacial score (nSPS) is 12.2. The summed E-state index contributed by atoms with van der Waals surface area (Å²) in [6.45, 7) is 10.1. The van der Waals surface area contributed by atoms with Crippen molar-refractivity contribution in [2.24, 2.45) is 0 Å². The van der Waals surface area contributed by atoms with Crippen molar-refractivity contribution >= 4 is 34.9 Å². The molecule has 0 aliphatic rings. The highest BCUT2D eigenvalue weighted by Gasteiger charge is 2.16. The number of hydrogen-bond acceptors (Lipinski definition) is 3. The number of H-pyrrole nitrogens is 1. The van der Waals surface area contributed by atoms with E-state index >= 15 is 0 Å². The largest absolute Gasteiger partial charge is 0.361 e. The standard InChI is InChI=1S/C13H20BrN3O2Si/c1-9-11-10(7-15-16-13(11)18)17(12(9)14)8-19-5-6-20(2,3)4/h7H,5-6,8H2,1-4H3,(H,16,18). The van der Waals surface area contributed by atoms with Gasteiger partial charge in [0.15, 0.2) is 0 Å². The molecular weight excluding hydrogens is 338 g/mol. The molecule has 0 unspecified atom stereocenters. The van der Waals surface area contributed by atoms with Crippen LogP contribution in [0.4, 0.5) is 0 Å². The number of nitrogens with one attached hydrogen (secondary N) is 1. The molecule has 2 rings (SSSR count). The van der Waals surface area contributed by atoms with Gasteiger partial charge in [-0.1, -0.05) is 19.6 Å². The lowest BCUT2D eigenvalue weighted by molar-refractivity contribution is 0.0888. The second kappa shape index (κ2) is 5.83. The SMILES string of the molecule is Cc1c(Br)n(COCC[Si](C)(C)C)c2cn[nH]c(=O)c12. The first kappa shape index (κ1) is 15.5. The molecule has 0 aliphatic carbocycles. The van der Waals surface area contributed by atoms with Gasteiger partial charge in [0.2, 0.25) is 0 Å². The van der Waals surface area contributed by atoms with Gasteiger partial charge >= 0.3 is 0 Å². The van der Waals surface area contributed by atoms with E-state index in [9.17, 15) is 4.79 Å². The molecule has 0 saturated carbocycles. The van der Waals surface area contributed by atoms with Gasteiger partial charge in [0.25, 0.3) is 5.56 Å². The second-order valence-electron chi connectivity index (χ2n) is 6.15. The van der Waals surface area contributed by atoms with Crippen LogP contribution in [0, 0.1) is 6.92 Å². The van der Waals surface area contributed by atoms with Gasteiger partial charge in [0.05, 0.1) is 21.7 Å². The van der Waals surface area contributed by atoms with E-state index in [4.69, 9.17) is 4.74 Å². The fraction of sp³-hybridized carbons (Fsp3) is 0.538. The molecule has 0 radical (unpaired) electrons. The summed E-state index contributed by atoms with van der Waals surface area (Å²) in [5.74, 6) is 0. The zero-order chi connectivity index (χ0) is 14.9. The van der Waals surface area contributed by atoms with Gasteiger partial charge in [0, 0.05) is 14.7 Å². The number of nitrogens with zero attached hydrogens (tertiary/aromatic N) is 2. The molecule has 7 heteroatoms. The van der Waals surface area contributed by atoms with Crippen molar-refractivity contribution < 1.29 is 4.74 Å². The number of hydrogen-bond donors (Lipinski definition) is 1. The molecule has 1 N–H and O–H groups in total. The maximum atomic E-state index is 11.8. The van der Waals surface area contributed by atoms with Gasteiger partial charge in [0.1, 0.15) is 6.73 Å². The lowest BCUT2D eigenvalue weighted by Gasteiger charge is -2.16. The van der Waals surface area contributed by atoms with E-state index in [-0.39, 0.29) is 5.56 Å². The first-order chi connectivity index (χ1) is 9.31. The van der Waals surface area contributed by atoms with Crippen molar-refractivity contribution in [2.45, 2.75) is 39.3 Å². The van der Waals surface area contributed by atoms with Crippen molar-refractivity contribution in [1.82, 2.24) is 14.8 Å². The van der Waals surface area contributed by atoms with Crippen molar-refractivity contribution in [3.05, 3.63) is 26.7 Å². The highest BCUT2D eigenvalue weighted by Crippen LogP contribution is 2.26. The van der Waals surface area contributed by atoms with Crippen LogP contribution in [-0.2, 0) is 11.5 Å². The fourth-order valence-corrected chi connectivity index (χ4v) is 3.28. The number of rotatable bonds is 5. The third-order valence-electron chi connectivity index (χ3n) is 3.27. The molecule has 2 aromatic rings. The van der Waals surface area contributed by atoms with Crippen LogP contribution in [0.1, 0.15) is 5.56 Å². The molecular formula is C13H20BrN3O2Si. The Balaban J connectivity index is 2.21. The number of fused-ring (bicyclic) bond motifs is 1. The molecule has 2 heterocycles. The fourth-order valence-electron chi connectivity index (χ4n) is 2.03. The summed E-state index contributed by atoms with van der Waals surface area (Å²) < 4.78 is 8.58. The summed E-state index contributed by atoms with van der Waals surface area (Å²) in [5, 5.41) is 7.00. The zero-order valence-electron chi connectivity index (χ0n) is 12.3. The Kier molecular flexibility index (Phi) is 4.51. The van der Waals surface area contributed by atoms with Gasteiger partial charge in [-0.2, -0.15) is 5.10 Å². The average Bonchev–Trinajstić information content (AvgIpc) is 2.59. The molecule has 0 aliphatic heterocycles. The van der Waals surface area contributed by atoms with Crippen LogP contribution < -0.4 is 5.56 Å². The van der Waals surface area contributed by atoms with Gasteiger partial charge < -0.3 is 9.30 Å². The number of aromatic nitrogens is 3. The minimum atomic E-state index is -1.08. The quantitative estimate of drug-likeness (QED) is 0.660. The van der Waals surface area contributed by atoms with E-state index in [1.54, 1.807) is 6.20 Å². The minimum Gasteiger partial charge on any atom is -0.361 e. The van der Waals surface area contributed by atoms with E-state index in [0.717, 1.165) is 28.3 Å². The van der Waals surface area contributed by atoms with Gasteiger partial charge in [-0.25, -0.2) is 5.10 Å². The third-order valence-corrected chi connectivity index (χ3v) is 5.99. The Morgan fingerprint density at radius 1 is 1.45 bits per heavy atom. The molecule has 110 valence electrons. The summed E-state index contributed by atoms with van der Waals surface area (Å²) in [5.41, 5.74) is 1.55. The van der Waals surface area contributed by atoms with Gasteiger partial charge in [-0.05, 0) is 34.5 Å². The van der Waals surface area contributed by atoms with E-state index in [0.29, 0.717) is 12.1 Å². The topological polar surface area (TPSA) is 59.9 Å². The molecule has 0 bridgehead atoms. The first-order valence-electron chi connectivity index (χ1n) is 6.61. The molecule has 0 atom stereocenters. The summed E-state index contributed by atoms with van der Waals surface area (Å²) in [6.07, 6.45) is 1.66.